The van der Waals surface area contributed by atoms with E-state index in [0.29, 0.717) is 0 Å². The van der Waals surface area contributed by atoms with Gasteiger partial charge in [0.05, 0.1) is 0 Å². The van der Waals surface area contributed by atoms with Crippen LogP contribution in [-0.2, 0) is 0 Å². The van der Waals surface area contributed by atoms with Gasteiger partial charge in [0.15, 0.2) is 5.82 Å². The van der Waals surface area contributed by atoms with Gasteiger partial charge in [-0.25, -0.2) is 4.98 Å². The monoisotopic (exact) mass is 269 g/mol. The number of aromatic nitrogens is 4. The summed E-state index contributed by atoms with van der Waals surface area (Å²) < 4.78 is 0. The van der Waals surface area contributed by atoms with Crippen LogP contribution in [0.4, 0.5) is 0 Å². The largest absolute Gasteiger partial charge is 0.363 e. The van der Waals surface area contributed by atoms with Crippen LogP contribution in [0.5, 0.6) is 0 Å². The van der Waals surface area contributed by atoms with Crippen LogP contribution < -0.4 is 5.73 Å². The van der Waals surface area contributed by atoms with Gasteiger partial charge in [0, 0.05) is 37.2 Å². The first-order valence-corrected chi connectivity index (χ1v) is 5.80. The Labute approximate surface area is 116 Å². The maximum atomic E-state index is 10.2. The molecule has 0 fully saturated rings. The predicted octanol–water partition coefficient (Wildman–Crippen LogP) is 1.67. The average Bonchev–Trinajstić information content (AvgIpc) is 3.07. The Kier molecular flexibility index (Phi) is 7.49. The molecule has 0 aliphatic rings. The van der Waals surface area contributed by atoms with Crippen molar-refractivity contribution in [2.24, 2.45) is 5.73 Å². The Morgan fingerprint density at radius 1 is 0.850 bits per heavy atom. The summed E-state index contributed by atoms with van der Waals surface area (Å²) in [5, 5.41) is 0. The maximum absolute atomic E-state index is 10.2. The smallest absolute Gasteiger partial charge is 0.284 e. The number of primary amides is 1. The van der Waals surface area contributed by atoms with E-state index in [1.807, 2.05) is 36.4 Å². The fraction of sp³-hybridized carbons (Fsp3) is 0. The molecule has 0 unspecified atom stereocenters. The van der Waals surface area contributed by atoms with E-state index >= 15 is 0 Å². The second-order valence-electron chi connectivity index (χ2n) is 3.35. The van der Waals surface area contributed by atoms with Crippen molar-refractivity contribution in [1.82, 2.24) is 19.9 Å². The van der Waals surface area contributed by atoms with Crippen LogP contribution in [-0.4, -0.2) is 25.8 Å². The molecule has 0 spiro atoms. The van der Waals surface area contributed by atoms with Gasteiger partial charge >= 0.3 is 0 Å². The zero-order valence-electron chi connectivity index (χ0n) is 10.8. The molecule has 102 valence electrons. The van der Waals surface area contributed by atoms with Crippen molar-refractivity contribution in [3.05, 3.63) is 79.4 Å². The van der Waals surface area contributed by atoms with E-state index in [2.05, 4.69) is 19.9 Å². The first kappa shape index (κ1) is 15.0. The summed E-state index contributed by atoms with van der Waals surface area (Å²) in [7, 11) is 0. The topological polar surface area (TPSA) is 97.6 Å². The standard InChI is InChI=1S/2C5H5N.C4H5N3O/c2*1-2-4-6-5-3-1;5-3(8)4-6-1-2-7-4/h2*1-5H;1-2H,(H2,5,8)(H,6,7). The summed E-state index contributed by atoms with van der Waals surface area (Å²) in [5.74, 6) is -0.333. The van der Waals surface area contributed by atoms with Gasteiger partial charge in [-0.2, -0.15) is 0 Å². The van der Waals surface area contributed by atoms with Gasteiger partial charge in [0.2, 0.25) is 0 Å². The lowest BCUT2D eigenvalue weighted by molar-refractivity contribution is 0.0991. The van der Waals surface area contributed by atoms with Gasteiger partial charge in [0.25, 0.3) is 5.91 Å². The quantitative estimate of drug-likeness (QED) is 0.702. The van der Waals surface area contributed by atoms with Gasteiger partial charge in [-0.05, 0) is 24.3 Å². The molecule has 0 saturated heterocycles. The number of aromatic amines is 1. The van der Waals surface area contributed by atoms with Crippen molar-refractivity contribution in [1.29, 1.82) is 0 Å². The highest BCUT2D eigenvalue weighted by Crippen LogP contribution is 1.82. The first-order chi connectivity index (χ1) is 9.80. The van der Waals surface area contributed by atoms with E-state index < -0.39 is 5.91 Å². The zero-order chi connectivity index (χ0) is 14.5. The van der Waals surface area contributed by atoms with E-state index in [4.69, 9.17) is 5.73 Å². The molecule has 3 rings (SSSR count). The molecule has 0 aromatic carbocycles. The van der Waals surface area contributed by atoms with Crippen molar-refractivity contribution >= 4 is 5.91 Å². The lowest BCUT2D eigenvalue weighted by atomic mass is 10.5. The van der Waals surface area contributed by atoms with Crippen molar-refractivity contribution < 1.29 is 4.79 Å². The van der Waals surface area contributed by atoms with Gasteiger partial charge in [-0.15, -0.1) is 0 Å². The van der Waals surface area contributed by atoms with Crippen molar-refractivity contribution in [2.75, 3.05) is 0 Å². The van der Waals surface area contributed by atoms with E-state index in [1.54, 1.807) is 31.0 Å². The summed E-state index contributed by atoms with van der Waals surface area (Å²) in [4.78, 5) is 23.9. The molecule has 6 nitrogen and oxygen atoms in total. The molecule has 0 saturated carbocycles. The number of pyridine rings is 2. The van der Waals surface area contributed by atoms with Crippen LogP contribution in [0.25, 0.3) is 0 Å². The highest BCUT2D eigenvalue weighted by molar-refractivity contribution is 5.88. The average molecular weight is 269 g/mol. The zero-order valence-corrected chi connectivity index (χ0v) is 10.8. The minimum Gasteiger partial charge on any atom is -0.363 e. The van der Waals surface area contributed by atoms with E-state index in [0.717, 1.165) is 0 Å². The summed E-state index contributed by atoms with van der Waals surface area (Å²) in [6, 6.07) is 11.4. The third kappa shape index (κ3) is 7.33. The van der Waals surface area contributed by atoms with E-state index in [9.17, 15) is 4.79 Å². The number of hydrogen-bond acceptors (Lipinski definition) is 4. The minimum absolute atomic E-state index is 0.199. The molecule has 20 heavy (non-hydrogen) atoms. The number of carbonyl (C=O) groups excluding carboxylic acids is 1. The molecule has 0 bridgehead atoms. The van der Waals surface area contributed by atoms with Crippen LogP contribution >= 0.6 is 0 Å². The number of imidazole rings is 1. The van der Waals surface area contributed by atoms with Crippen LogP contribution in [0, 0.1) is 0 Å². The highest BCUT2D eigenvalue weighted by atomic mass is 16.1. The number of nitrogens with zero attached hydrogens (tertiary/aromatic N) is 3. The molecule has 0 radical (unpaired) electrons. The third-order valence-corrected chi connectivity index (χ3v) is 1.86. The minimum atomic E-state index is -0.532. The second kappa shape index (κ2) is 9.95. The number of carbonyl (C=O) groups is 1. The molecular weight excluding hydrogens is 254 g/mol. The fourth-order valence-corrected chi connectivity index (χ4v) is 1.03. The Morgan fingerprint density at radius 3 is 1.50 bits per heavy atom. The predicted molar refractivity (Wildman–Crippen MR) is 75.6 cm³/mol. The van der Waals surface area contributed by atoms with Gasteiger partial charge in [-0.3, -0.25) is 14.8 Å². The lowest BCUT2D eigenvalue weighted by Crippen LogP contribution is -2.12. The van der Waals surface area contributed by atoms with Gasteiger partial charge < -0.3 is 10.7 Å². The molecule has 0 aliphatic carbocycles. The molecule has 3 aromatic heterocycles. The lowest BCUT2D eigenvalue weighted by Gasteiger charge is -1.80. The van der Waals surface area contributed by atoms with Crippen LogP contribution in [0.3, 0.4) is 0 Å². The Morgan fingerprint density at radius 2 is 1.35 bits per heavy atom. The number of amides is 1. The summed E-state index contributed by atoms with van der Waals surface area (Å²) in [5.41, 5.74) is 4.83. The molecular formula is C14H15N5O. The Balaban J connectivity index is 0.000000152. The molecule has 6 heteroatoms. The van der Waals surface area contributed by atoms with E-state index in [1.165, 1.54) is 6.20 Å². The van der Waals surface area contributed by atoms with Crippen LogP contribution in [0.1, 0.15) is 10.6 Å². The Hall–Kier alpha value is -3.02. The number of H-pyrrole nitrogens is 1. The normalized spacial score (nSPS) is 8.40. The van der Waals surface area contributed by atoms with Crippen molar-refractivity contribution in [3.63, 3.8) is 0 Å². The molecule has 0 aliphatic heterocycles. The third-order valence-electron chi connectivity index (χ3n) is 1.86. The SMILES string of the molecule is NC(=O)c1ncc[nH]1.c1ccncc1.c1ccncc1. The molecule has 3 aromatic rings. The molecule has 0 atom stereocenters. The summed E-state index contributed by atoms with van der Waals surface area (Å²) in [6.45, 7) is 0. The summed E-state index contributed by atoms with van der Waals surface area (Å²) >= 11 is 0. The number of rotatable bonds is 1. The number of nitrogens with one attached hydrogen (secondary N) is 1. The highest BCUT2D eigenvalue weighted by Gasteiger charge is 1.97. The van der Waals surface area contributed by atoms with Gasteiger partial charge in [0.1, 0.15) is 0 Å². The number of nitrogens with two attached hydrogens (primary N) is 1. The van der Waals surface area contributed by atoms with Gasteiger partial charge in [-0.1, -0.05) is 12.1 Å². The van der Waals surface area contributed by atoms with Crippen LogP contribution in [0.2, 0.25) is 0 Å². The Bertz CT molecular complexity index is 470. The van der Waals surface area contributed by atoms with Crippen molar-refractivity contribution in [2.45, 2.75) is 0 Å². The second-order valence-corrected chi connectivity index (χ2v) is 3.35. The molecule has 3 N–H and O–H groups in total. The molecule has 1 amide bonds. The van der Waals surface area contributed by atoms with Crippen LogP contribution in [0.15, 0.2) is 73.6 Å². The van der Waals surface area contributed by atoms with E-state index in [-0.39, 0.29) is 5.82 Å². The fourth-order valence-electron chi connectivity index (χ4n) is 1.03. The summed E-state index contributed by atoms with van der Waals surface area (Å²) in [6.07, 6.45) is 10.0. The number of hydrogen-bond donors (Lipinski definition) is 2. The maximum Gasteiger partial charge on any atom is 0.284 e. The van der Waals surface area contributed by atoms with Crippen molar-refractivity contribution in [3.8, 4) is 0 Å². The first-order valence-electron chi connectivity index (χ1n) is 5.80. The molecule has 3 heterocycles.